The van der Waals surface area contributed by atoms with Gasteiger partial charge in [0.25, 0.3) is 5.91 Å². The number of rotatable bonds is 6. The van der Waals surface area contributed by atoms with E-state index < -0.39 is 24.4 Å². The highest BCUT2D eigenvalue weighted by Gasteiger charge is 2.19. The second-order valence-corrected chi connectivity index (χ2v) is 6.72. The lowest BCUT2D eigenvalue weighted by Gasteiger charge is -2.06. The van der Waals surface area contributed by atoms with Crippen molar-refractivity contribution in [1.82, 2.24) is 15.8 Å². The van der Waals surface area contributed by atoms with Gasteiger partial charge in [-0.25, -0.2) is 9.78 Å². The lowest BCUT2D eigenvalue weighted by atomic mass is 10.2. The average molecular weight is 415 g/mol. The van der Waals surface area contributed by atoms with Crippen LogP contribution in [0.3, 0.4) is 0 Å². The van der Waals surface area contributed by atoms with E-state index in [-0.39, 0.29) is 5.76 Å². The highest BCUT2D eigenvalue weighted by atomic mass is 32.1. The summed E-state index contributed by atoms with van der Waals surface area (Å²) in [6.07, 6.45) is 1.33. The molecule has 0 aliphatic carbocycles. The minimum absolute atomic E-state index is 0.0358. The molecule has 2 heterocycles. The molecule has 0 aliphatic rings. The third kappa shape index (κ3) is 4.99. The van der Waals surface area contributed by atoms with Crippen LogP contribution in [0.2, 0.25) is 0 Å². The summed E-state index contributed by atoms with van der Waals surface area (Å²) in [5.74, 6) is -1.25. The molecule has 0 saturated heterocycles. The number of nitrogens with zero attached hydrogens (tertiary/aromatic N) is 1. The Bertz CT molecular complexity index is 1010. The van der Waals surface area contributed by atoms with Crippen molar-refractivity contribution >= 4 is 29.1 Å². The number of ether oxygens (including phenoxy) is 2. The number of thiazole rings is 1. The molecule has 0 bridgehead atoms. The Hall–Kier alpha value is -3.66. The third-order valence-corrected chi connectivity index (χ3v) is 4.90. The summed E-state index contributed by atoms with van der Waals surface area (Å²) in [7, 11) is 1.58. The number of carbonyl (C=O) groups excluding carboxylic acids is 3. The molecule has 1 aromatic carbocycles. The van der Waals surface area contributed by atoms with Crippen LogP contribution in [0.5, 0.6) is 5.75 Å². The van der Waals surface area contributed by atoms with Gasteiger partial charge in [-0.05, 0) is 43.3 Å². The topological polar surface area (TPSA) is 120 Å². The Balaban J connectivity index is 1.54. The summed E-state index contributed by atoms with van der Waals surface area (Å²) in [5.41, 5.74) is 5.61. The van der Waals surface area contributed by atoms with Crippen LogP contribution < -0.4 is 15.6 Å². The average Bonchev–Trinajstić information content (AvgIpc) is 3.40. The first-order valence-corrected chi connectivity index (χ1v) is 9.21. The number of hydrogen-bond donors (Lipinski definition) is 2. The summed E-state index contributed by atoms with van der Waals surface area (Å²) in [5, 5.41) is 0.646. The number of hydrogen-bond acceptors (Lipinski definition) is 8. The molecule has 0 radical (unpaired) electrons. The van der Waals surface area contributed by atoms with Crippen molar-refractivity contribution in [3.05, 3.63) is 59.0 Å². The van der Waals surface area contributed by atoms with Crippen molar-refractivity contribution in [2.45, 2.75) is 6.92 Å². The number of hydrazine groups is 1. The molecule has 0 atom stereocenters. The number of nitrogens with one attached hydrogen (secondary N) is 2. The fourth-order valence-corrected chi connectivity index (χ4v) is 3.24. The van der Waals surface area contributed by atoms with Gasteiger partial charge >= 0.3 is 11.9 Å². The van der Waals surface area contributed by atoms with Crippen molar-refractivity contribution in [2.24, 2.45) is 0 Å². The Morgan fingerprint density at radius 1 is 1.14 bits per heavy atom. The molecule has 0 spiro atoms. The zero-order chi connectivity index (χ0) is 20.8. The van der Waals surface area contributed by atoms with Gasteiger partial charge in [0.2, 0.25) is 0 Å². The summed E-state index contributed by atoms with van der Waals surface area (Å²) >= 11 is 1.16. The number of aryl methyl sites for hydroxylation is 1. The summed E-state index contributed by atoms with van der Waals surface area (Å²) in [6, 6.07) is 10.2. The molecule has 29 heavy (non-hydrogen) atoms. The van der Waals surface area contributed by atoms with Gasteiger partial charge in [0, 0.05) is 5.56 Å². The first kappa shape index (κ1) is 20.1. The number of amides is 2. The Labute approximate surface area is 169 Å². The van der Waals surface area contributed by atoms with Crippen molar-refractivity contribution in [3.63, 3.8) is 0 Å². The molecule has 2 N–H and O–H groups in total. The monoisotopic (exact) mass is 415 g/mol. The maximum Gasteiger partial charge on any atom is 0.350 e. The number of benzene rings is 1. The second-order valence-electron chi connectivity index (χ2n) is 5.72. The van der Waals surface area contributed by atoms with Crippen LogP contribution in [0.25, 0.3) is 10.6 Å². The molecule has 10 heteroatoms. The molecule has 0 saturated carbocycles. The van der Waals surface area contributed by atoms with E-state index in [4.69, 9.17) is 13.9 Å². The van der Waals surface area contributed by atoms with Gasteiger partial charge in [0.15, 0.2) is 12.4 Å². The summed E-state index contributed by atoms with van der Waals surface area (Å²) < 4.78 is 15.0. The molecule has 0 aliphatic heterocycles. The van der Waals surface area contributed by atoms with Crippen molar-refractivity contribution in [3.8, 4) is 16.3 Å². The lowest BCUT2D eigenvalue weighted by molar-refractivity contribution is -0.125. The number of methoxy groups -OCH3 is 1. The van der Waals surface area contributed by atoms with Gasteiger partial charge in [-0.1, -0.05) is 0 Å². The van der Waals surface area contributed by atoms with Crippen molar-refractivity contribution in [1.29, 1.82) is 0 Å². The van der Waals surface area contributed by atoms with Crippen molar-refractivity contribution < 1.29 is 28.3 Å². The van der Waals surface area contributed by atoms with E-state index in [1.165, 1.54) is 18.4 Å². The first-order chi connectivity index (χ1) is 14.0. The molecule has 9 nitrogen and oxygen atoms in total. The maximum atomic E-state index is 12.3. The van der Waals surface area contributed by atoms with Crippen LogP contribution in [-0.4, -0.2) is 36.5 Å². The van der Waals surface area contributed by atoms with E-state index in [1.807, 2.05) is 12.1 Å². The van der Waals surface area contributed by atoms with Gasteiger partial charge in [0.05, 0.1) is 19.1 Å². The van der Waals surface area contributed by atoms with Crippen LogP contribution in [0.1, 0.15) is 25.9 Å². The molecule has 0 unspecified atom stereocenters. The Kier molecular flexibility index (Phi) is 6.25. The zero-order valence-electron chi connectivity index (χ0n) is 15.6. The summed E-state index contributed by atoms with van der Waals surface area (Å²) in [4.78, 5) is 40.4. The molecule has 0 fully saturated rings. The van der Waals surface area contributed by atoms with E-state index >= 15 is 0 Å². The highest BCUT2D eigenvalue weighted by Crippen LogP contribution is 2.29. The van der Waals surface area contributed by atoms with Crippen LogP contribution in [0, 0.1) is 6.92 Å². The number of aromatic nitrogens is 1. The minimum atomic E-state index is -0.698. The maximum absolute atomic E-state index is 12.3. The number of furan rings is 1. The molecule has 2 aromatic heterocycles. The molecule has 3 aromatic rings. The fraction of sp³-hybridized carbons (Fsp3) is 0.158. The third-order valence-electron chi connectivity index (χ3n) is 3.71. The first-order valence-electron chi connectivity index (χ1n) is 8.39. The van der Waals surface area contributed by atoms with Gasteiger partial charge in [0.1, 0.15) is 15.6 Å². The van der Waals surface area contributed by atoms with E-state index in [0.717, 1.165) is 16.9 Å². The van der Waals surface area contributed by atoms with Crippen LogP contribution >= 0.6 is 11.3 Å². The lowest BCUT2D eigenvalue weighted by Crippen LogP contribution is -2.43. The highest BCUT2D eigenvalue weighted by molar-refractivity contribution is 7.17. The fourth-order valence-electron chi connectivity index (χ4n) is 2.27. The van der Waals surface area contributed by atoms with Gasteiger partial charge < -0.3 is 13.9 Å². The van der Waals surface area contributed by atoms with Crippen LogP contribution in [0.4, 0.5) is 0 Å². The van der Waals surface area contributed by atoms with E-state index in [9.17, 15) is 14.4 Å². The van der Waals surface area contributed by atoms with E-state index in [1.54, 1.807) is 26.2 Å². The quantitative estimate of drug-likeness (QED) is 0.468. The molecular weight excluding hydrogens is 398 g/mol. The van der Waals surface area contributed by atoms with E-state index in [2.05, 4.69) is 15.8 Å². The number of carbonyl (C=O) groups is 3. The van der Waals surface area contributed by atoms with Gasteiger partial charge in [-0.3, -0.25) is 20.4 Å². The smallest absolute Gasteiger partial charge is 0.350 e. The van der Waals surface area contributed by atoms with Gasteiger partial charge in [-0.15, -0.1) is 11.3 Å². The minimum Gasteiger partial charge on any atom is -0.497 e. The Morgan fingerprint density at radius 3 is 2.55 bits per heavy atom. The second kappa shape index (κ2) is 9.02. The van der Waals surface area contributed by atoms with Gasteiger partial charge in [-0.2, -0.15) is 0 Å². The largest absolute Gasteiger partial charge is 0.497 e. The Morgan fingerprint density at radius 2 is 1.90 bits per heavy atom. The van der Waals surface area contributed by atoms with Crippen LogP contribution in [-0.2, 0) is 9.53 Å². The predicted octanol–water partition coefficient (Wildman–Crippen LogP) is 2.34. The summed E-state index contributed by atoms with van der Waals surface area (Å²) in [6.45, 7) is 1.12. The zero-order valence-corrected chi connectivity index (χ0v) is 16.4. The predicted molar refractivity (Wildman–Crippen MR) is 103 cm³/mol. The number of esters is 1. The SMILES string of the molecule is COc1ccc(-c2nc(C)c(C(=O)OCC(=O)NNC(=O)c3ccco3)s2)cc1. The van der Waals surface area contributed by atoms with E-state index in [0.29, 0.717) is 21.3 Å². The van der Waals surface area contributed by atoms with Crippen LogP contribution in [0.15, 0.2) is 47.1 Å². The van der Waals surface area contributed by atoms with Crippen molar-refractivity contribution in [2.75, 3.05) is 13.7 Å². The molecular formula is C19H17N3O6S. The molecule has 150 valence electrons. The molecule has 2 amide bonds. The standard InChI is InChI=1S/C19H17N3O6S/c1-11-16(29-18(20-11)12-5-7-13(26-2)8-6-12)19(25)28-10-15(23)21-22-17(24)14-4-3-9-27-14/h3-9H,10H2,1-2H3,(H,21,23)(H,22,24). The normalized spacial score (nSPS) is 10.3. The molecule has 3 rings (SSSR count).